The number of nitrogen functional groups attached to an aromatic ring is 1. The molecular formula is C14H19N9O. The van der Waals surface area contributed by atoms with Gasteiger partial charge in [0.25, 0.3) is 0 Å². The van der Waals surface area contributed by atoms with Gasteiger partial charge in [0.2, 0.25) is 5.95 Å². The van der Waals surface area contributed by atoms with Gasteiger partial charge >= 0.3 is 0 Å². The zero-order valence-electron chi connectivity index (χ0n) is 13.1. The molecule has 4 N–H and O–H groups in total. The molecule has 0 saturated carbocycles. The third-order valence-electron chi connectivity index (χ3n) is 4.32. The summed E-state index contributed by atoms with van der Waals surface area (Å²) in [6, 6.07) is 0. The third kappa shape index (κ3) is 2.75. The highest BCUT2D eigenvalue weighted by molar-refractivity contribution is 5.87. The van der Waals surface area contributed by atoms with Gasteiger partial charge in [-0.25, -0.2) is 0 Å². The highest BCUT2D eigenvalue weighted by Gasteiger charge is 2.24. The molecule has 4 heterocycles. The second-order valence-corrected chi connectivity index (χ2v) is 6.08. The summed E-state index contributed by atoms with van der Waals surface area (Å²) in [4.78, 5) is 10.8. The fraction of sp³-hybridized carbons (Fsp3) is 0.500. The number of nitrogens with two attached hydrogens (primary N) is 1. The van der Waals surface area contributed by atoms with Crippen LogP contribution in [0.4, 0.5) is 11.8 Å². The summed E-state index contributed by atoms with van der Waals surface area (Å²) in [6.07, 6.45) is 5.70. The Morgan fingerprint density at radius 1 is 1.38 bits per heavy atom. The smallest absolute Gasteiger partial charge is 0.224 e. The van der Waals surface area contributed by atoms with E-state index in [0.717, 1.165) is 43.7 Å². The molecule has 1 aliphatic heterocycles. The summed E-state index contributed by atoms with van der Waals surface area (Å²) < 4.78 is 1.79. The van der Waals surface area contributed by atoms with Crippen LogP contribution in [0.1, 0.15) is 18.5 Å². The van der Waals surface area contributed by atoms with Crippen molar-refractivity contribution >= 4 is 22.8 Å². The van der Waals surface area contributed by atoms with Gasteiger partial charge in [0, 0.05) is 19.6 Å². The summed E-state index contributed by atoms with van der Waals surface area (Å²) >= 11 is 0. The lowest BCUT2D eigenvalue weighted by Crippen LogP contribution is -2.38. The van der Waals surface area contributed by atoms with Gasteiger partial charge in [-0.3, -0.25) is 9.78 Å². The van der Waals surface area contributed by atoms with E-state index in [9.17, 15) is 0 Å². The van der Waals surface area contributed by atoms with Crippen molar-refractivity contribution in [1.82, 2.24) is 35.2 Å². The van der Waals surface area contributed by atoms with Crippen LogP contribution in [0.3, 0.4) is 0 Å². The van der Waals surface area contributed by atoms with Crippen LogP contribution in [0.5, 0.6) is 0 Å². The van der Waals surface area contributed by atoms with Crippen LogP contribution in [-0.2, 0) is 13.2 Å². The summed E-state index contributed by atoms with van der Waals surface area (Å²) in [5, 5.41) is 24.8. The fourth-order valence-corrected chi connectivity index (χ4v) is 3.25. The minimum atomic E-state index is -0.0878. The maximum Gasteiger partial charge on any atom is 0.224 e. The van der Waals surface area contributed by atoms with E-state index in [-0.39, 0.29) is 12.6 Å². The topological polar surface area (TPSA) is 135 Å². The van der Waals surface area contributed by atoms with Gasteiger partial charge in [-0.2, -0.15) is 15.1 Å². The van der Waals surface area contributed by atoms with Crippen molar-refractivity contribution in [3.63, 3.8) is 0 Å². The zero-order valence-corrected chi connectivity index (χ0v) is 13.1. The number of nitrogens with one attached hydrogen (secondary N) is 1. The number of hydrogen-bond acceptors (Lipinski definition) is 8. The van der Waals surface area contributed by atoms with Crippen LogP contribution in [0.15, 0.2) is 12.4 Å². The molecule has 1 aliphatic rings. The van der Waals surface area contributed by atoms with E-state index in [1.165, 1.54) is 0 Å². The number of aliphatic hydroxyl groups is 1. The Morgan fingerprint density at radius 2 is 2.29 bits per heavy atom. The summed E-state index contributed by atoms with van der Waals surface area (Å²) in [6.45, 7) is 2.45. The average Bonchev–Trinajstić information content (AvgIpc) is 3.23. The number of fused-ring (bicyclic) bond motifs is 1. The molecule has 3 aromatic heterocycles. The summed E-state index contributed by atoms with van der Waals surface area (Å²) in [7, 11) is 0. The Bertz CT molecular complexity index is 842. The van der Waals surface area contributed by atoms with E-state index in [1.54, 1.807) is 17.1 Å². The van der Waals surface area contributed by atoms with Crippen molar-refractivity contribution < 1.29 is 5.11 Å². The van der Waals surface area contributed by atoms with Gasteiger partial charge in [-0.05, 0) is 18.8 Å². The minimum Gasteiger partial charge on any atom is -0.390 e. The van der Waals surface area contributed by atoms with Crippen molar-refractivity contribution in [3.8, 4) is 0 Å². The van der Waals surface area contributed by atoms with E-state index in [1.807, 2.05) is 0 Å². The monoisotopic (exact) mass is 329 g/mol. The lowest BCUT2D eigenvalue weighted by molar-refractivity contribution is 0.276. The van der Waals surface area contributed by atoms with Crippen LogP contribution in [0, 0.1) is 5.92 Å². The van der Waals surface area contributed by atoms with E-state index >= 15 is 0 Å². The fourth-order valence-electron chi connectivity index (χ4n) is 3.25. The molecular weight excluding hydrogens is 310 g/mol. The van der Waals surface area contributed by atoms with Gasteiger partial charge in [-0.1, -0.05) is 5.21 Å². The van der Waals surface area contributed by atoms with Gasteiger partial charge in [0.05, 0.1) is 24.4 Å². The molecule has 0 aliphatic carbocycles. The molecule has 1 saturated heterocycles. The zero-order chi connectivity index (χ0) is 16.5. The van der Waals surface area contributed by atoms with Crippen molar-refractivity contribution in [2.24, 2.45) is 5.92 Å². The van der Waals surface area contributed by atoms with Gasteiger partial charge in [0.15, 0.2) is 5.65 Å². The molecule has 0 bridgehead atoms. The number of aliphatic hydroxyl groups excluding tert-OH is 1. The Labute approximate surface area is 137 Å². The normalized spacial score (nSPS) is 18.4. The molecule has 24 heavy (non-hydrogen) atoms. The molecule has 1 atom stereocenters. The largest absolute Gasteiger partial charge is 0.390 e. The predicted octanol–water partition coefficient (Wildman–Crippen LogP) is -0.0645. The van der Waals surface area contributed by atoms with E-state index in [0.29, 0.717) is 17.3 Å². The molecule has 126 valence electrons. The van der Waals surface area contributed by atoms with E-state index in [4.69, 9.17) is 10.8 Å². The Hall–Kier alpha value is -2.75. The quantitative estimate of drug-likeness (QED) is 0.605. The summed E-state index contributed by atoms with van der Waals surface area (Å²) in [5.41, 5.74) is 7.07. The number of aromatic nitrogens is 7. The number of hydrogen-bond donors (Lipinski definition) is 3. The SMILES string of the molecule is Nc1nc(N2CCCC(Cn3cc(CO)nn3)C2)c2cn[nH]c2n1. The predicted molar refractivity (Wildman–Crippen MR) is 87.0 cm³/mol. The Kier molecular flexibility index (Phi) is 3.73. The molecule has 1 unspecified atom stereocenters. The molecule has 10 nitrogen and oxygen atoms in total. The van der Waals surface area contributed by atoms with Crippen LogP contribution < -0.4 is 10.6 Å². The molecule has 0 spiro atoms. The van der Waals surface area contributed by atoms with Gasteiger partial charge < -0.3 is 15.7 Å². The lowest BCUT2D eigenvalue weighted by Gasteiger charge is -2.33. The molecule has 0 aromatic carbocycles. The highest BCUT2D eigenvalue weighted by Crippen LogP contribution is 2.28. The second kappa shape index (κ2) is 6.04. The first-order valence-electron chi connectivity index (χ1n) is 7.94. The second-order valence-electron chi connectivity index (χ2n) is 6.08. The molecule has 10 heteroatoms. The number of nitrogens with zero attached hydrogens (tertiary/aromatic N) is 7. The van der Waals surface area contributed by atoms with Crippen LogP contribution in [0.25, 0.3) is 11.0 Å². The summed E-state index contributed by atoms with van der Waals surface area (Å²) in [5.74, 6) is 1.49. The maximum absolute atomic E-state index is 9.09. The Balaban J connectivity index is 1.54. The van der Waals surface area contributed by atoms with E-state index < -0.39 is 0 Å². The van der Waals surface area contributed by atoms with Crippen molar-refractivity contribution in [1.29, 1.82) is 0 Å². The lowest BCUT2D eigenvalue weighted by atomic mass is 9.98. The molecule has 1 fully saturated rings. The molecule has 0 radical (unpaired) electrons. The molecule has 0 amide bonds. The maximum atomic E-state index is 9.09. The number of piperidine rings is 1. The minimum absolute atomic E-state index is 0.0878. The first-order valence-corrected chi connectivity index (χ1v) is 7.94. The van der Waals surface area contributed by atoms with Crippen LogP contribution in [0.2, 0.25) is 0 Å². The standard InChI is InChI=1S/C14H19N9O/c15-14-17-12-11(4-16-20-12)13(18-14)22-3-1-2-9(5-22)6-23-7-10(8-24)19-21-23/h4,7,9,24H,1-3,5-6,8H2,(H3,15,16,17,18,20). The van der Waals surface area contributed by atoms with Crippen molar-refractivity contribution in [3.05, 3.63) is 18.1 Å². The Morgan fingerprint density at radius 3 is 3.12 bits per heavy atom. The number of anilines is 2. The average molecular weight is 329 g/mol. The number of aromatic amines is 1. The molecule has 4 rings (SSSR count). The number of H-pyrrole nitrogens is 1. The van der Waals surface area contributed by atoms with Crippen LogP contribution in [-0.4, -0.2) is 53.4 Å². The molecule has 3 aromatic rings. The number of rotatable bonds is 4. The first kappa shape index (κ1) is 14.8. The third-order valence-corrected chi connectivity index (χ3v) is 4.32. The van der Waals surface area contributed by atoms with Gasteiger partial charge in [-0.15, -0.1) is 5.10 Å². The highest BCUT2D eigenvalue weighted by atomic mass is 16.3. The van der Waals surface area contributed by atoms with E-state index in [2.05, 4.69) is 35.4 Å². The van der Waals surface area contributed by atoms with Crippen molar-refractivity contribution in [2.45, 2.75) is 26.0 Å². The van der Waals surface area contributed by atoms with Gasteiger partial charge in [0.1, 0.15) is 11.5 Å². The van der Waals surface area contributed by atoms with Crippen molar-refractivity contribution in [2.75, 3.05) is 23.7 Å². The van der Waals surface area contributed by atoms with Crippen LogP contribution >= 0.6 is 0 Å². The first-order chi connectivity index (χ1) is 11.7.